The number of aromatic nitrogens is 1. The van der Waals surface area contributed by atoms with E-state index in [1.807, 2.05) is 0 Å². The summed E-state index contributed by atoms with van der Waals surface area (Å²) < 4.78 is 15.1. The molecule has 0 fully saturated rings. The first-order chi connectivity index (χ1) is 11.3. The first kappa shape index (κ1) is 18.1. The molecule has 1 amide bonds. The van der Waals surface area contributed by atoms with Crippen LogP contribution in [0.2, 0.25) is 10.0 Å². The molecule has 1 aromatic heterocycles. The van der Waals surface area contributed by atoms with Crippen LogP contribution in [0.25, 0.3) is 0 Å². The molecule has 0 aliphatic heterocycles. The van der Waals surface area contributed by atoms with Crippen LogP contribution in [0.15, 0.2) is 28.8 Å². The van der Waals surface area contributed by atoms with Crippen molar-refractivity contribution in [2.45, 2.75) is 20.0 Å². The molecular formula is C15H14Cl2N2O5. The van der Waals surface area contributed by atoms with Crippen LogP contribution in [0.3, 0.4) is 0 Å². The third kappa shape index (κ3) is 5.14. The average molecular weight is 373 g/mol. The minimum Gasteiger partial charge on any atom is -0.477 e. The molecular weight excluding hydrogens is 359 g/mol. The van der Waals surface area contributed by atoms with Crippen molar-refractivity contribution in [2.24, 2.45) is 0 Å². The number of benzene rings is 1. The van der Waals surface area contributed by atoms with Gasteiger partial charge in [-0.15, -0.1) is 0 Å². The standard InChI is InChI=1S/C15H14Cl2N2O5/c1-8-5-13(19-24-8)18-14(20)7-22-15(21)9(2)23-12-4-3-10(16)6-11(12)17/h3-6,9H,7H2,1-2H3,(H,18,19,20)/t9-/m1/s1. The molecule has 128 valence electrons. The maximum Gasteiger partial charge on any atom is 0.347 e. The lowest BCUT2D eigenvalue weighted by Crippen LogP contribution is -2.29. The van der Waals surface area contributed by atoms with E-state index in [2.05, 4.69) is 10.5 Å². The van der Waals surface area contributed by atoms with Gasteiger partial charge in [-0.3, -0.25) is 4.79 Å². The van der Waals surface area contributed by atoms with Crippen LogP contribution < -0.4 is 10.1 Å². The molecule has 2 aromatic rings. The van der Waals surface area contributed by atoms with Gasteiger partial charge in [-0.25, -0.2) is 4.79 Å². The van der Waals surface area contributed by atoms with E-state index in [9.17, 15) is 9.59 Å². The van der Waals surface area contributed by atoms with Crippen LogP contribution in [0.5, 0.6) is 5.75 Å². The van der Waals surface area contributed by atoms with Crippen molar-refractivity contribution >= 4 is 40.9 Å². The number of ether oxygens (including phenoxy) is 2. The lowest BCUT2D eigenvalue weighted by Gasteiger charge is -2.14. The summed E-state index contributed by atoms with van der Waals surface area (Å²) in [5, 5.41) is 6.73. The average Bonchev–Trinajstić information content (AvgIpc) is 2.92. The zero-order chi connectivity index (χ0) is 17.7. The molecule has 1 atom stereocenters. The van der Waals surface area contributed by atoms with Crippen LogP contribution in [0.4, 0.5) is 5.82 Å². The molecule has 0 unspecified atom stereocenters. The smallest absolute Gasteiger partial charge is 0.347 e. The van der Waals surface area contributed by atoms with E-state index in [4.69, 9.17) is 37.2 Å². The predicted molar refractivity (Wildman–Crippen MR) is 87.4 cm³/mol. The lowest BCUT2D eigenvalue weighted by molar-refractivity contribution is -0.153. The Morgan fingerprint density at radius 3 is 2.71 bits per heavy atom. The highest BCUT2D eigenvalue weighted by molar-refractivity contribution is 6.35. The first-order valence-corrected chi connectivity index (χ1v) is 7.62. The first-order valence-electron chi connectivity index (χ1n) is 6.86. The quantitative estimate of drug-likeness (QED) is 0.782. The van der Waals surface area contributed by atoms with E-state index in [1.54, 1.807) is 13.0 Å². The summed E-state index contributed by atoms with van der Waals surface area (Å²) in [6.45, 7) is 2.68. The Hall–Kier alpha value is -2.25. The molecule has 0 spiro atoms. The number of hydrogen-bond donors (Lipinski definition) is 1. The number of nitrogens with one attached hydrogen (secondary N) is 1. The van der Waals surface area contributed by atoms with Crippen molar-refractivity contribution in [2.75, 3.05) is 11.9 Å². The van der Waals surface area contributed by atoms with E-state index < -0.39 is 24.6 Å². The largest absolute Gasteiger partial charge is 0.477 e. The number of rotatable bonds is 6. The maximum atomic E-state index is 11.9. The molecule has 2 rings (SSSR count). The minimum absolute atomic E-state index is 0.241. The number of hydrogen-bond acceptors (Lipinski definition) is 6. The Morgan fingerprint density at radius 1 is 1.33 bits per heavy atom. The van der Waals surface area contributed by atoms with Gasteiger partial charge in [0.1, 0.15) is 11.5 Å². The number of carbonyl (C=O) groups is 2. The molecule has 7 nitrogen and oxygen atoms in total. The van der Waals surface area contributed by atoms with Gasteiger partial charge < -0.3 is 19.3 Å². The van der Waals surface area contributed by atoms with E-state index >= 15 is 0 Å². The van der Waals surface area contributed by atoms with Crippen molar-refractivity contribution in [1.82, 2.24) is 5.16 Å². The van der Waals surface area contributed by atoms with Crippen LogP contribution >= 0.6 is 23.2 Å². The minimum atomic E-state index is -0.953. The third-order valence-corrected chi connectivity index (χ3v) is 3.30. The number of anilines is 1. The number of esters is 1. The second-order valence-corrected chi connectivity index (χ2v) is 5.66. The summed E-state index contributed by atoms with van der Waals surface area (Å²) in [6.07, 6.45) is -0.953. The van der Waals surface area contributed by atoms with E-state index in [0.29, 0.717) is 10.8 Å². The number of nitrogens with zero attached hydrogens (tertiary/aromatic N) is 1. The van der Waals surface area contributed by atoms with Gasteiger partial charge in [0.15, 0.2) is 18.5 Å². The fraction of sp³-hybridized carbons (Fsp3) is 0.267. The van der Waals surface area contributed by atoms with Crippen LogP contribution in [-0.4, -0.2) is 29.7 Å². The highest BCUT2D eigenvalue weighted by Crippen LogP contribution is 2.28. The summed E-state index contributed by atoms with van der Waals surface area (Å²) >= 11 is 11.7. The van der Waals surface area contributed by atoms with Crippen molar-refractivity contribution in [1.29, 1.82) is 0 Å². The summed E-state index contributed by atoms with van der Waals surface area (Å²) in [7, 11) is 0. The second-order valence-electron chi connectivity index (χ2n) is 4.81. The summed E-state index contributed by atoms with van der Waals surface area (Å²) in [4.78, 5) is 23.5. The zero-order valence-electron chi connectivity index (χ0n) is 12.8. The van der Waals surface area contributed by atoms with Gasteiger partial charge in [0.2, 0.25) is 0 Å². The topological polar surface area (TPSA) is 90.7 Å². The normalized spacial score (nSPS) is 11.7. The Bertz CT molecular complexity index is 747. The third-order valence-electron chi connectivity index (χ3n) is 2.77. The Balaban J connectivity index is 1.81. The van der Waals surface area contributed by atoms with Gasteiger partial charge in [-0.05, 0) is 32.0 Å². The Kier molecular flexibility index (Phi) is 6.05. The molecule has 1 N–H and O–H groups in total. The predicted octanol–water partition coefficient (Wildman–Crippen LogP) is 3.24. The molecule has 0 radical (unpaired) electrons. The van der Waals surface area contributed by atoms with Gasteiger partial charge in [0.25, 0.3) is 5.91 Å². The van der Waals surface area contributed by atoms with E-state index in [1.165, 1.54) is 25.1 Å². The van der Waals surface area contributed by atoms with Gasteiger partial charge in [-0.1, -0.05) is 28.4 Å². The lowest BCUT2D eigenvalue weighted by atomic mass is 10.3. The van der Waals surface area contributed by atoms with Gasteiger partial charge >= 0.3 is 5.97 Å². The molecule has 0 bridgehead atoms. The van der Waals surface area contributed by atoms with Crippen molar-refractivity contribution in [3.05, 3.63) is 40.1 Å². The van der Waals surface area contributed by atoms with Crippen molar-refractivity contribution in [3.8, 4) is 5.75 Å². The number of amides is 1. The van der Waals surface area contributed by atoms with E-state index in [0.717, 1.165) is 0 Å². The maximum absolute atomic E-state index is 11.9. The molecule has 0 saturated carbocycles. The Morgan fingerprint density at radius 2 is 2.08 bits per heavy atom. The summed E-state index contributed by atoms with van der Waals surface area (Å²) in [5.74, 6) is -0.191. The Labute approximate surface area is 147 Å². The van der Waals surface area contributed by atoms with Crippen LogP contribution in [0.1, 0.15) is 12.7 Å². The van der Waals surface area contributed by atoms with Gasteiger partial charge in [0, 0.05) is 11.1 Å². The van der Waals surface area contributed by atoms with Gasteiger partial charge in [-0.2, -0.15) is 0 Å². The highest BCUT2D eigenvalue weighted by Gasteiger charge is 2.19. The number of carbonyl (C=O) groups excluding carboxylic acids is 2. The van der Waals surface area contributed by atoms with Crippen LogP contribution in [-0.2, 0) is 14.3 Å². The number of halogens is 2. The molecule has 24 heavy (non-hydrogen) atoms. The fourth-order valence-corrected chi connectivity index (χ4v) is 2.12. The van der Waals surface area contributed by atoms with Crippen molar-refractivity contribution < 1.29 is 23.6 Å². The SMILES string of the molecule is Cc1cc(NC(=O)COC(=O)[C@@H](C)Oc2ccc(Cl)cc2Cl)no1. The molecule has 1 aromatic carbocycles. The number of aryl methyl sites for hydroxylation is 1. The van der Waals surface area contributed by atoms with Crippen LogP contribution in [0, 0.1) is 6.92 Å². The molecule has 0 aliphatic carbocycles. The van der Waals surface area contributed by atoms with Gasteiger partial charge in [0.05, 0.1) is 5.02 Å². The second kappa shape index (κ2) is 8.03. The monoisotopic (exact) mass is 372 g/mol. The molecule has 1 heterocycles. The summed E-state index contributed by atoms with van der Waals surface area (Å²) in [5.41, 5.74) is 0. The summed E-state index contributed by atoms with van der Waals surface area (Å²) in [6, 6.07) is 6.14. The zero-order valence-corrected chi connectivity index (χ0v) is 14.4. The molecule has 0 aliphatic rings. The molecule has 0 saturated heterocycles. The van der Waals surface area contributed by atoms with Crippen molar-refractivity contribution in [3.63, 3.8) is 0 Å². The van der Waals surface area contributed by atoms with E-state index in [-0.39, 0.29) is 16.6 Å². The molecule has 9 heteroatoms. The highest BCUT2D eigenvalue weighted by atomic mass is 35.5. The fourth-order valence-electron chi connectivity index (χ4n) is 1.67.